The van der Waals surface area contributed by atoms with Crippen LogP contribution in [0.1, 0.15) is 21.5 Å². The molecule has 23 heavy (non-hydrogen) atoms. The zero-order valence-electron chi connectivity index (χ0n) is 12.6. The minimum atomic E-state index is -1.02. The van der Waals surface area contributed by atoms with Gasteiger partial charge in [0.1, 0.15) is 12.4 Å². The second kappa shape index (κ2) is 7.79. The van der Waals surface area contributed by atoms with Crippen LogP contribution >= 0.6 is 0 Å². The van der Waals surface area contributed by atoms with Crippen molar-refractivity contribution in [2.75, 3.05) is 7.11 Å². The summed E-state index contributed by atoms with van der Waals surface area (Å²) in [5, 5.41) is 8.56. The quantitative estimate of drug-likeness (QED) is 0.655. The van der Waals surface area contributed by atoms with Crippen LogP contribution in [0, 0.1) is 0 Å². The highest BCUT2D eigenvalue weighted by atomic mass is 16.5. The van der Waals surface area contributed by atoms with E-state index in [0.717, 1.165) is 17.4 Å². The van der Waals surface area contributed by atoms with E-state index in [1.54, 1.807) is 43.5 Å². The molecule has 0 saturated carbocycles. The number of ether oxygens (including phenoxy) is 2. The SMILES string of the molecule is COc1ccc(COC(=O)c2ccc(C=CC(=O)O)cc2)cc1. The van der Waals surface area contributed by atoms with Crippen molar-refractivity contribution in [1.82, 2.24) is 0 Å². The summed E-state index contributed by atoms with van der Waals surface area (Å²) in [6.07, 6.45) is 2.49. The summed E-state index contributed by atoms with van der Waals surface area (Å²) >= 11 is 0. The summed E-state index contributed by atoms with van der Waals surface area (Å²) in [5.74, 6) is -0.715. The van der Waals surface area contributed by atoms with Crippen molar-refractivity contribution in [3.8, 4) is 5.75 Å². The van der Waals surface area contributed by atoms with Crippen molar-refractivity contribution >= 4 is 18.0 Å². The molecule has 0 aliphatic heterocycles. The van der Waals surface area contributed by atoms with Crippen LogP contribution in [0.3, 0.4) is 0 Å². The Labute approximate surface area is 133 Å². The van der Waals surface area contributed by atoms with Gasteiger partial charge in [-0.25, -0.2) is 9.59 Å². The van der Waals surface area contributed by atoms with Gasteiger partial charge in [0.25, 0.3) is 0 Å². The van der Waals surface area contributed by atoms with E-state index in [1.165, 1.54) is 6.08 Å². The molecule has 0 aliphatic rings. The molecule has 0 atom stereocenters. The minimum absolute atomic E-state index is 0.170. The first kappa shape index (κ1) is 16.3. The van der Waals surface area contributed by atoms with Gasteiger partial charge in [-0.2, -0.15) is 0 Å². The number of esters is 1. The predicted octanol–water partition coefficient (Wildman–Crippen LogP) is 3.15. The van der Waals surface area contributed by atoms with Crippen LogP contribution in [0.5, 0.6) is 5.75 Å². The number of rotatable bonds is 6. The van der Waals surface area contributed by atoms with Gasteiger partial charge >= 0.3 is 11.9 Å². The summed E-state index contributed by atoms with van der Waals surface area (Å²) in [6.45, 7) is 0.170. The Kier molecular flexibility index (Phi) is 5.52. The number of carboxylic acid groups (broad SMARTS) is 1. The number of carboxylic acids is 1. The third kappa shape index (κ3) is 5.00. The summed E-state index contributed by atoms with van der Waals surface area (Å²) in [5.41, 5.74) is 1.96. The number of hydrogen-bond acceptors (Lipinski definition) is 4. The zero-order chi connectivity index (χ0) is 16.7. The fourth-order valence-electron chi connectivity index (χ4n) is 1.85. The molecule has 0 fully saturated rings. The van der Waals surface area contributed by atoms with Gasteiger partial charge in [-0.15, -0.1) is 0 Å². The van der Waals surface area contributed by atoms with Gasteiger partial charge in [0, 0.05) is 6.08 Å². The Morgan fingerprint density at radius 2 is 1.70 bits per heavy atom. The summed E-state index contributed by atoms with van der Waals surface area (Å²) in [4.78, 5) is 22.4. The van der Waals surface area contributed by atoms with Crippen LogP contribution in [-0.2, 0) is 16.1 Å². The van der Waals surface area contributed by atoms with E-state index in [9.17, 15) is 9.59 Å². The van der Waals surface area contributed by atoms with E-state index in [0.29, 0.717) is 11.1 Å². The number of carbonyl (C=O) groups is 2. The molecule has 1 N–H and O–H groups in total. The molecule has 2 rings (SSSR count). The second-order valence-corrected chi connectivity index (χ2v) is 4.72. The van der Waals surface area contributed by atoms with Crippen LogP contribution in [0.25, 0.3) is 6.08 Å². The van der Waals surface area contributed by atoms with Crippen LogP contribution in [0.4, 0.5) is 0 Å². The maximum absolute atomic E-state index is 12.0. The lowest BCUT2D eigenvalue weighted by molar-refractivity contribution is -0.131. The van der Waals surface area contributed by atoms with E-state index in [1.807, 2.05) is 12.1 Å². The lowest BCUT2D eigenvalue weighted by atomic mass is 10.1. The van der Waals surface area contributed by atoms with Gasteiger partial charge in [0.15, 0.2) is 0 Å². The van der Waals surface area contributed by atoms with Gasteiger partial charge in [-0.05, 0) is 41.5 Å². The topological polar surface area (TPSA) is 72.8 Å². The van der Waals surface area contributed by atoms with E-state index in [4.69, 9.17) is 14.6 Å². The molecule has 0 saturated heterocycles. The lowest BCUT2D eigenvalue weighted by Gasteiger charge is -2.06. The summed E-state index contributed by atoms with van der Waals surface area (Å²) < 4.78 is 10.3. The first-order chi connectivity index (χ1) is 11.1. The minimum Gasteiger partial charge on any atom is -0.497 e. The van der Waals surface area contributed by atoms with E-state index in [2.05, 4.69) is 0 Å². The molecule has 0 amide bonds. The molecule has 0 heterocycles. The fraction of sp³-hybridized carbons (Fsp3) is 0.111. The molecular weight excluding hydrogens is 296 g/mol. The van der Waals surface area contributed by atoms with Gasteiger partial charge in [0.05, 0.1) is 12.7 Å². The maximum atomic E-state index is 12.0. The molecule has 5 heteroatoms. The second-order valence-electron chi connectivity index (χ2n) is 4.72. The van der Waals surface area contributed by atoms with Crippen LogP contribution in [0.15, 0.2) is 54.6 Å². The molecule has 118 valence electrons. The summed E-state index contributed by atoms with van der Waals surface area (Å²) in [6, 6.07) is 13.7. The highest BCUT2D eigenvalue weighted by molar-refractivity contribution is 5.90. The fourth-order valence-corrected chi connectivity index (χ4v) is 1.85. The van der Waals surface area contributed by atoms with Crippen molar-refractivity contribution in [2.45, 2.75) is 6.61 Å². The van der Waals surface area contributed by atoms with Crippen LogP contribution < -0.4 is 4.74 Å². The molecule has 0 aliphatic carbocycles. The number of aliphatic carboxylic acids is 1. The van der Waals surface area contributed by atoms with Gasteiger partial charge in [-0.1, -0.05) is 24.3 Å². The monoisotopic (exact) mass is 312 g/mol. The van der Waals surface area contributed by atoms with E-state index in [-0.39, 0.29) is 6.61 Å². The first-order valence-electron chi connectivity index (χ1n) is 6.89. The Balaban J connectivity index is 1.93. The molecule has 0 radical (unpaired) electrons. The molecule has 0 aromatic heterocycles. The number of benzene rings is 2. The normalized spacial score (nSPS) is 10.5. The Bertz CT molecular complexity index is 699. The lowest BCUT2D eigenvalue weighted by Crippen LogP contribution is -2.05. The van der Waals surface area contributed by atoms with Crippen molar-refractivity contribution < 1.29 is 24.2 Å². The van der Waals surface area contributed by atoms with Crippen LogP contribution in [0.2, 0.25) is 0 Å². The third-order valence-corrected chi connectivity index (χ3v) is 3.09. The Morgan fingerprint density at radius 1 is 1.04 bits per heavy atom. The maximum Gasteiger partial charge on any atom is 0.338 e. The summed E-state index contributed by atoms with van der Waals surface area (Å²) in [7, 11) is 1.59. The van der Waals surface area contributed by atoms with E-state index < -0.39 is 11.9 Å². The van der Waals surface area contributed by atoms with Crippen molar-refractivity contribution in [1.29, 1.82) is 0 Å². The Morgan fingerprint density at radius 3 is 2.26 bits per heavy atom. The molecular formula is C18H16O5. The molecule has 0 spiro atoms. The average Bonchev–Trinajstić information content (AvgIpc) is 2.58. The predicted molar refractivity (Wildman–Crippen MR) is 85.2 cm³/mol. The molecule has 0 bridgehead atoms. The van der Waals surface area contributed by atoms with Crippen molar-refractivity contribution in [2.24, 2.45) is 0 Å². The van der Waals surface area contributed by atoms with Gasteiger partial charge in [0.2, 0.25) is 0 Å². The van der Waals surface area contributed by atoms with Gasteiger partial charge < -0.3 is 14.6 Å². The standard InChI is InChI=1S/C18H16O5/c1-22-16-9-4-14(5-10-16)12-23-18(21)15-7-2-13(3-8-15)6-11-17(19)20/h2-11H,12H2,1H3,(H,19,20). The average molecular weight is 312 g/mol. The molecule has 0 unspecified atom stereocenters. The molecule has 5 nitrogen and oxygen atoms in total. The van der Waals surface area contributed by atoms with Gasteiger partial charge in [-0.3, -0.25) is 0 Å². The Hall–Kier alpha value is -3.08. The number of hydrogen-bond donors (Lipinski definition) is 1. The number of carbonyl (C=O) groups excluding carboxylic acids is 1. The highest BCUT2D eigenvalue weighted by Gasteiger charge is 2.07. The van der Waals surface area contributed by atoms with E-state index >= 15 is 0 Å². The van der Waals surface area contributed by atoms with Crippen LogP contribution in [-0.4, -0.2) is 24.2 Å². The highest BCUT2D eigenvalue weighted by Crippen LogP contribution is 2.13. The number of methoxy groups -OCH3 is 1. The van der Waals surface area contributed by atoms with Crippen molar-refractivity contribution in [3.63, 3.8) is 0 Å². The smallest absolute Gasteiger partial charge is 0.338 e. The third-order valence-electron chi connectivity index (χ3n) is 3.09. The molecule has 2 aromatic rings. The molecule has 2 aromatic carbocycles. The zero-order valence-corrected chi connectivity index (χ0v) is 12.6. The largest absolute Gasteiger partial charge is 0.497 e. The van der Waals surface area contributed by atoms with Crippen molar-refractivity contribution in [3.05, 3.63) is 71.3 Å². The first-order valence-corrected chi connectivity index (χ1v) is 6.89.